The zero-order valence-corrected chi connectivity index (χ0v) is 11.7. The van der Waals surface area contributed by atoms with Crippen LogP contribution in [0.5, 0.6) is 0 Å². The van der Waals surface area contributed by atoms with E-state index in [4.69, 9.17) is 0 Å². The van der Waals surface area contributed by atoms with Gasteiger partial charge in [0.25, 0.3) is 0 Å². The Hall–Kier alpha value is -0.140. The van der Waals surface area contributed by atoms with Gasteiger partial charge in [0.2, 0.25) is 11.0 Å². The fourth-order valence-electron chi connectivity index (χ4n) is 0.811. The minimum Gasteiger partial charge on any atom is -0.300 e. The summed E-state index contributed by atoms with van der Waals surface area (Å²) in [5.41, 5.74) is 0. The van der Waals surface area contributed by atoms with Crippen LogP contribution in [0.25, 0.3) is 0 Å². The molecular formula is C8H12BrN3OS2. The second-order valence-corrected chi connectivity index (χ2v) is 6.27. The Labute approximate surface area is 105 Å². The van der Waals surface area contributed by atoms with E-state index in [9.17, 15) is 4.79 Å². The topological polar surface area (TPSA) is 54.9 Å². The molecule has 0 aromatic carbocycles. The van der Waals surface area contributed by atoms with Gasteiger partial charge in [0.1, 0.15) is 0 Å². The maximum atomic E-state index is 11.5. The molecule has 1 amide bonds. The number of amides is 1. The van der Waals surface area contributed by atoms with Crippen molar-refractivity contribution < 1.29 is 4.79 Å². The Morgan fingerprint density at radius 3 is 2.93 bits per heavy atom. The summed E-state index contributed by atoms with van der Waals surface area (Å²) in [6.45, 7) is 3.99. The molecule has 84 valence electrons. The smallest absolute Gasteiger partial charge is 0.239 e. The van der Waals surface area contributed by atoms with Crippen LogP contribution in [0.2, 0.25) is 0 Å². The first-order valence-corrected chi connectivity index (χ1v) is 7.30. The van der Waals surface area contributed by atoms with Crippen molar-refractivity contribution in [3.63, 3.8) is 0 Å². The van der Waals surface area contributed by atoms with Crippen LogP contribution in [0.15, 0.2) is 4.34 Å². The Kier molecular flexibility index (Phi) is 5.55. The number of hydrogen-bond acceptors (Lipinski definition) is 5. The van der Waals surface area contributed by atoms with Gasteiger partial charge in [0, 0.05) is 0 Å². The molecule has 1 rings (SSSR count). The summed E-state index contributed by atoms with van der Waals surface area (Å²) in [5.74, 6) is 0.889. The molecule has 0 fully saturated rings. The van der Waals surface area contributed by atoms with Crippen molar-refractivity contribution in [3.05, 3.63) is 0 Å². The number of aromatic nitrogens is 2. The third kappa shape index (κ3) is 4.08. The van der Waals surface area contributed by atoms with E-state index in [1.54, 1.807) is 11.8 Å². The first-order chi connectivity index (χ1) is 7.17. The number of hydrogen-bond donors (Lipinski definition) is 1. The van der Waals surface area contributed by atoms with E-state index in [-0.39, 0.29) is 10.7 Å². The van der Waals surface area contributed by atoms with E-state index in [0.29, 0.717) is 5.13 Å². The van der Waals surface area contributed by atoms with Crippen molar-refractivity contribution in [2.75, 3.05) is 11.1 Å². The molecule has 1 N–H and O–H groups in total. The standard InChI is InChI=1S/C8H12BrN3OS2/c1-3-5(9)6(13)10-7-11-12-8(15-7)14-4-2/h5H,3-4H2,1-2H3,(H,10,11,13). The SMILES string of the molecule is CCSc1nnc(NC(=O)C(Br)CC)s1. The maximum absolute atomic E-state index is 11.5. The number of carbonyl (C=O) groups excluding carboxylic acids is 1. The van der Waals surface area contributed by atoms with Gasteiger partial charge < -0.3 is 0 Å². The minimum atomic E-state index is -0.163. The van der Waals surface area contributed by atoms with Crippen molar-refractivity contribution in [2.24, 2.45) is 0 Å². The van der Waals surface area contributed by atoms with Crippen LogP contribution in [0.1, 0.15) is 20.3 Å². The molecule has 0 aliphatic heterocycles. The van der Waals surface area contributed by atoms with Crippen LogP contribution in [-0.4, -0.2) is 26.7 Å². The van der Waals surface area contributed by atoms with Crippen LogP contribution in [0.4, 0.5) is 5.13 Å². The predicted octanol–water partition coefficient (Wildman–Crippen LogP) is 2.76. The Bertz CT molecular complexity index is 331. The number of nitrogens with zero attached hydrogens (tertiary/aromatic N) is 2. The van der Waals surface area contributed by atoms with E-state index in [1.807, 2.05) is 6.92 Å². The van der Waals surface area contributed by atoms with E-state index in [0.717, 1.165) is 16.5 Å². The number of halogens is 1. The summed E-state index contributed by atoms with van der Waals surface area (Å²) in [7, 11) is 0. The van der Waals surface area contributed by atoms with E-state index in [1.165, 1.54) is 11.3 Å². The van der Waals surface area contributed by atoms with Gasteiger partial charge in [-0.25, -0.2) is 0 Å². The number of alkyl halides is 1. The molecule has 0 radical (unpaired) electrons. The minimum absolute atomic E-state index is 0.0679. The highest BCUT2D eigenvalue weighted by Gasteiger charge is 2.14. The predicted molar refractivity (Wildman–Crippen MR) is 67.9 cm³/mol. The summed E-state index contributed by atoms with van der Waals surface area (Å²) < 4.78 is 0.885. The molecule has 1 aromatic rings. The molecule has 7 heteroatoms. The van der Waals surface area contributed by atoms with Crippen LogP contribution < -0.4 is 5.32 Å². The summed E-state index contributed by atoms with van der Waals surface area (Å²) >= 11 is 6.30. The average Bonchev–Trinajstić information content (AvgIpc) is 2.65. The number of thioether (sulfide) groups is 1. The lowest BCUT2D eigenvalue weighted by atomic mass is 10.3. The normalized spacial score (nSPS) is 12.5. The molecule has 0 spiro atoms. The molecule has 0 saturated heterocycles. The lowest BCUT2D eigenvalue weighted by molar-refractivity contribution is -0.115. The first kappa shape index (κ1) is 12.9. The lowest BCUT2D eigenvalue weighted by Gasteiger charge is -2.04. The Morgan fingerprint density at radius 2 is 2.33 bits per heavy atom. The van der Waals surface area contributed by atoms with E-state index >= 15 is 0 Å². The van der Waals surface area contributed by atoms with Crippen LogP contribution in [-0.2, 0) is 4.79 Å². The fourth-order valence-corrected chi connectivity index (χ4v) is 2.58. The molecule has 15 heavy (non-hydrogen) atoms. The third-order valence-electron chi connectivity index (χ3n) is 1.55. The van der Waals surface area contributed by atoms with Crippen molar-refractivity contribution in [1.29, 1.82) is 0 Å². The molecule has 1 unspecified atom stereocenters. The monoisotopic (exact) mass is 309 g/mol. The van der Waals surface area contributed by atoms with Crippen molar-refractivity contribution in [1.82, 2.24) is 10.2 Å². The molecule has 0 bridgehead atoms. The zero-order chi connectivity index (χ0) is 11.3. The number of nitrogens with one attached hydrogen (secondary N) is 1. The zero-order valence-electron chi connectivity index (χ0n) is 8.49. The highest BCUT2D eigenvalue weighted by Crippen LogP contribution is 2.25. The van der Waals surface area contributed by atoms with Gasteiger partial charge in [-0.15, -0.1) is 10.2 Å². The second-order valence-electron chi connectivity index (χ2n) is 2.67. The largest absolute Gasteiger partial charge is 0.300 e. The fraction of sp³-hybridized carbons (Fsp3) is 0.625. The summed E-state index contributed by atoms with van der Waals surface area (Å²) in [6.07, 6.45) is 0.751. The quantitative estimate of drug-likeness (QED) is 0.516. The first-order valence-electron chi connectivity index (χ1n) is 4.58. The highest BCUT2D eigenvalue weighted by molar-refractivity contribution is 9.10. The summed E-state index contributed by atoms with van der Waals surface area (Å²) in [4.78, 5) is 11.3. The van der Waals surface area contributed by atoms with Crippen molar-refractivity contribution in [3.8, 4) is 0 Å². The Morgan fingerprint density at radius 1 is 1.60 bits per heavy atom. The highest BCUT2D eigenvalue weighted by atomic mass is 79.9. The molecular weight excluding hydrogens is 298 g/mol. The van der Waals surface area contributed by atoms with E-state index < -0.39 is 0 Å². The molecule has 1 atom stereocenters. The molecule has 4 nitrogen and oxygen atoms in total. The lowest BCUT2D eigenvalue weighted by Crippen LogP contribution is -2.21. The number of anilines is 1. The van der Waals surface area contributed by atoms with Gasteiger partial charge in [-0.2, -0.15) is 0 Å². The average molecular weight is 310 g/mol. The van der Waals surface area contributed by atoms with Crippen LogP contribution in [0, 0.1) is 0 Å². The van der Waals surface area contributed by atoms with Crippen molar-refractivity contribution in [2.45, 2.75) is 29.4 Å². The molecule has 1 heterocycles. The van der Waals surface area contributed by atoms with Gasteiger partial charge in [-0.05, 0) is 12.2 Å². The summed E-state index contributed by atoms with van der Waals surface area (Å²) in [5, 5.41) is 11.1. The Balaban J connectivity index is 2.53. The molecule has 0 aliphatic rings. The van der Waals surface area contributed by atoms with Gasteiger partial charge in [0.05, 0.1) is 4.83 Å². The van der Waals surface area contributed by atoms with Crippen LogP contribution in [0.3, 0.4) is 0 Å². The maximum Gasteiger partial charge on any atom is 0.239 e. The van der Waals surface area contributed by atoms with Gasteiger partial charge in [-0.1, -0.05) is 52.9 Å². The second kappa shape index (κ2) is 6.44. The molecule has 1 aromatic heterocycles. The molecule has 0 saturated carbocycles. The number of carbonyl (C=O) groups is 1. The van der Waals surface area contributed by atoms with Gasteiger partial charge in [0.15, 0.2) is 4.34 Å². The molecule has 0 aliphatic carbocycles. The summed E-state index contributed by atoms with van der Waals surface area (Å²) in [6, 6.07) is 0. The van der Waals surface area contributed by atoms with Crippen LogP contribution >= 0.6 is 39.0 Å². The van der Waals surface area contributed by atoms with E-state index in [2.05, 4.69) is 38.4 Å². The van der Waals surface area contributed by atoms with Gasteiger partial charge >= 0.3 is 0 Å². The third-order valence-corrected chi connectivity index (χ3v) is 4.46. The number of rotatable bonds is 5. The van der Waals surface area contributed by atoms with Gasteiger partial charge in [-0.3, -0.25) is 10.1 Å². The van der Waals surface area contributed by atoms with Crippen molar-refractivity contribution >= 4 is 50.1 Å².